The highest BCUT2D eigenvalue weighted by Crippen LogP contribution is 2.18. The molecular formula is C17H17N3O4. The molecule has 0 spiro atoms. The molecule has 0 radical (unpaired) electrons. The topological polar surface area (TPSA) is 90.4 Å². The highest BCUT2D eigenvalue weighted by atomic mass is 16.5. The fraction of sp³-hybridized carbons (Fsp3) is 0.235. The first-order valence-corrected chi connectivity index (χ1v) is 7.39. The fourth-order valence-electron chi connectivity index (χ4n) is 2.31. The van der Waals surface area contributed by atoms with Gasteiger partial charge in [-0.2, -0.15) is 0 Å². The molecule has 7 nitrogen and oxygen atoms in total. The highest BCUT2D eigenvalue weighted by molar-refractivity contribution is 6.03. The molecule has 3 rings (SSSR count). The number of carbonyl (C=O) groups is 1. The molecule has 2 heterocycles. The molecule has 0 saturated carbocycles. The monoisotopic (exact) mass is 327 g/mol. The van der Waals surface area contributed by atoms with Gasteiger partial charge in [0, 0.05) is 0 Å². The van der Waals surface area contributed by atoms with Crippen molar-refractivity contribution in [1.82, 2.24) is 10.2 Å². The van der Waals surface area contributed by atoms with Gasteiger partial charge >= 0.3 is 6.01 Å². The molecule has 0 atom stereocenters. The van der Waals surface area contributed by atoms with E-state index in [0.717, 1.165) is 11.3 Å². The zero-order chi connectivity index (χ0) is 17.1. The van der Waals surface area contributed by atoms with Crippen LogP contribution in [0.25, 0.3) is 0 Å². The van der Waals surface area contributed by atoms with E-state index in [-0.39, 0.29) is 11.9 Å². The number of nitrogens with one attached hydrogen (secondary N) is 1. The maximum atomic E-state index is 12.2. The number of nitrogens with zero attached hydrogens (tertiary/aromatic N) is 2. The normalized spacial score (nSPS) is 10.6. The van der Waals surface area contributed by atoms with Gasteiger partial charge in [0.2, 0.25) is 5.89 Å². The molecule has 24 heavy (non-hydrogen) atoms. The minimum atomic E-state index is -0.344. The van der Waals surface area contributed by atoms with Crippen LogP contribution in [0.4, 0.5) is 6.01 Å². The first-order valence-electron chi connectivity index (χ1n) is 7.39. The van der Waals surface area contributed by atoms with Gasteiger partial charge in [-0.05, 0) is 37.6 Å². The molecule has 124 valence electrons. The van der Waals surface area contributed by atoms with E-state index in [1.165, 1.54) is 0 Å². The number of benzene rings is 1. The van der Waals surface area contributed by atoms with Crippen LogP contribution in [0.5, 0.6) is 5.75 Å². The first-order chi connectivity index (χ1) is 11.5. The number of aryl methyl sites for hydroxylation is 2. The number of hydrogen-bond donors (Lipinski definition) is 1. The molecule has 1 amide bonds. The van der Waals surface area contributed by atoms with E-state index in [0.29, 0.717) is 29.4 Å². The molecule has 0 fully saturated rings. The molecule has 0 aliphatic heterocycles. The van der Waals surface area contributed by atoms with Crippen molar-refractivity contribution in [2.24, 2.45) is 0 Å². The summed E-state index contributed by atoms with van der Waals surface area (Å²) in [6, 6.07) is 9.27. The maximum Gasteiger partial charge on any atom is 0.322 e. The summed E-state index contributed by atoms with van der Waals surface area (Å²) in [5.41, 5.74) is 1.45. The molecule has 0 aliphatic rings. The van der Waals surface area contributed by atoms with Crippen molar-refractivity contribution in [3.63, 3.8) is 0 Å². The average Bonchev–Trinajstić information content (AvgIpc) is 3.14. The Kier molecular flexibility index (Phi) is 4.33. The number of aromatic nitrogens is 2. The predicted octanol–water partition coefficient (Wildman–Crippen LogP) is 3.13. The number of carbonyl (C=O) groups excluding carboxylic acids is 1. The number of methoxy groups -OCH3 is 1. The minimum absolute atomic E-state index is 0.0572. The summed E-state index contributed by atoms with van der Waals surface area (Å²) in [7, 11) is 1.62. The molecule has 1 N–H and O–H groups in total. The lowest BCUT2D eigenvalue weighted by Gasteiger charge is -2.01. The third kappa shape index (κ3) is 3.45. The first kappa shape index (κ1) is 15.8. The summed E-state index contributed by atoms with van der Waals surface area (Å²) in [6.07, 6.45) is 0.469. The number of furan rings is 1. The quantitative estimate of drug-likeness (QED) is 0.774. The van der Waals surface area contributed by atoms with E-state index < -0.39 is 0 Å². The van der Waals surface area contributed by atoms with E-state index in [4.69, 9.17) is 13.6 Å². The smallest absolute Gasteiger partial charge is 0.322 e. The van der Waals surface area contributed by atoms with Gasteiger partial charge in [0.1, 0.15) is 17.3 Å². The molecule has 1 aromatic carbocycles. The van der Waals surface area contributed by atoms with Gasteiger partial charge in [-0.25, -0.2) is 0 Å². The second-order valence-electron chi connectivity index (χ2n) is 5.31. The van der Waals surface area contributed by atoms with Gasteiger partial charge in [-0.1, -0.05) is 17.2 Å². The Balaban J connectivity index is 1.66. The summed E-state index contributed by atoms with van der Waals surface area (Å²) in [5, 5.41) is 10.4. The Morgan fingerprint density at radius 2 is 1.92 bits per heavy atom. The maximum absolute atomic E-state index is 12.2. The zero-order valence-corrected chi connectivity index (χ0v) is 13.6. The Morgan fingerprint density at radius 1 is 1.17 bits per heavy atom. The van der Waals surface area contributed by atoms with Crippen molar-refractivity contribution in [2.45, 2.75) is 20.3 Å². The summed E-state index contributed by atoms with van der Waals surface area (Å²) in [5.74, 6) is 2.06. The van der Waals surface area contributed by atoms with Crippen molar-refractivity contribution in [3.8, 4) is 5.75 Å². The molecular weight excluding hydrogens is 310 g/mol. The van der Waals surface area contributed by atoms with E-state index in [2.05, 4.69) is 15.5 Å². The summed E-state index contributed by atoms with van der Waals surface area (Å²) < 4.78 is 15.9. The summed E-state index contributed by atoms with van der Waals surface area (Å²) >= 11 is 0. The van der Waals surface area contributed by atoms with Gasteiger partial charge in [0.25, 0.3) is 5.91 Å². The highest BCUT2D eigenvalue weighted by Gasteiger charge is 2.16. The minimum Gasteiger partial charge on any atom is -0.497 e. The van der Waals surface area contributed by atoms with Crippen LogP contribution in [-0.2, 0) is 6.42 Å². The molecule has 0 aliphatic carbocycles. The van der Waals surface area contributed by atoms with Gasteiger partial charge < -0.3 is 13.6 Å². The van der Waals surface area contributed by atoms with Crippen LogP contribution in [0.1, 0.15) is 33.3 Å². The lowest BCUT2D eigenvalue weighted by atomic mass is 10.1. The molecule has 0 saturated heterocycles. The molecule has 2 aromatic heterocycles. The number of hydrogen-bond acceptors (Lipinski definition) is 6. The van der Waals surface area contributed by atoms with Gasteiger partial charge in [-0.3, -0.25) is 10.1 Å². The van der Waals surface area contributed by atoms with Crippen LogP contribution in [0, 0.1) is 13.8 Å². The number of amides is 1. The van der Waals surface area contributed by atoms with Crippen LogP contribution >= 0.6 is 0 Å². The second-order valence-corrected chi connectivity index (χ2v) is 5.31. The summed E-state index contributed by atoms with van der Waals surface area (Å²) in [4.78, 5) is 12.2. The van der Waals surface area contributed by atoms with E-state index in [9.17, 15) is 4.79 Å². The van der Waals surface area contributed by atoms with Crippen LogP contribution < -0.4 is 10.1 Å². The Hall–Kier alpha value is -3.09. The number of rotatable bonds is 5. The molecule has 7 heteroatoms. The standard InChI is InChI=1S/C17H17N3O4/c1-10-8-14(11(2)23-10)16(21)18-17-20-19-15(24-17)9-12-4-6-13(22-3)7-5-12/h4-8H,9H2,1-3H3,(H,18,20,21). The van der Waals surface area contributed by atoms with E-state index in [1.807, 2.05) is 24.3 Å². The van der Waals surface area contributed by atoms with E-state index >= 15 is 0 Å². The average molecular weight is 327 g/mol. The number of anilines is 1. The van der Waals surface area contributed by atoms with Crippen molar-refractivity contribution >= 4 is 11.9 Å². The second kappa shape index (κ2) is 6.57. The largest absolute Gasteiger partial charge is 0.497 e. The van der Waals surface area contributed by atoms with Gasteiger partial charge in [0.15, 0.2) is 0 Å². The van der Waals surface area contributed by atoms with Crippen LogP contribution in [0.2, 0.25) is 0 Å². The van der Waals surface area contributed by atoms with Crippen LogP contribution in [-0.4, -0.2) is 23.2 Å². The SMILES string of the molecule is COc1ccc(Cc2nnc(NC(=O)c3cc(C)oc3C)o2)cc1. The summed E-state index contributed by atoms with van der Waals surface area (Å²) in [6.45, 7) is 3.51. The lowest BCUT2D eigenvalue weighted by molar-refractivity contribution is 0.102. The van der Waals surface area contributed by atoms with Crippen molar-refractivity contribution < 1.29 is 18.4 Å². The third-order valence-electron chi connectivity index (χ3n) is 3.49. The van der Waals surface area contributed by atoms with E-state index in [1.54, 1.807) is 27.0 Å². The van der Waals surface area contributed by atoms with Gasteiger partial charge in [-0.15, -0.1) is 5.10 Å². The lowest BCUT2D eigenvalue weighted by Crippen LogP contribution is -2.12. The van der Waals surface area contributed by atoms with Crippen molar-refractivity contribution in [3.05, 3.63) is 58.9 Å². The number of ether oxygens (including phenoxy) is 1. The van der Waals surface area contributed by atoms with Gasteiger partial charge in [0.05, 0.1) is 19.1 Å². The van der Waals surface area contributed by atoms with Crippen molar-refractivity contribution in [2.75, 3.05) is 12.4 Å². The fourth-order valence-corrected chi connectivity index (χ4v) is 2.31. The Morgan fingerprint density at radius 3 is 2.54 bits per heavy atom. The molecule has 0 unspecified atom stereocenters. The molecule has 3 aromatic rings. The Labute approximate surface area is 138 Å². The zero-order valence-electron chi connectivity index (χ0n) is 13.6. The van der Waals surface area contributed by atoms with Crippen molar-refractivity contribution in [1.29, 1.82) is 0 Å². The molecule has 0 bridgehead atoms. The third-order valence-corrected chi connectivity index (χ3v) is 3.49. The predicted molar refractivity (Wildman–Crippen MR) is 86.2 cm³/mol. The van der Waals surface area contributed by atoms with Crippen LogP contribution in [0.15, 0.2) is 39.2 Å². The van der Waals surface area contributed by atoms with Crippen LogP contribution in [0.3, 0.4) is 0 Å². The Bertz CT molecular complexity index is 849.